The Hall–Kier alpha value is -1.51. The quantitative estimate of drug-likeness (QED) is 0.741. The summed E-state index contributed by atoms with van der Waals surface area (Å²) < 4.78 is 30.3. The van der Waals surface area contributed by atoms with Crippen LogP contribution in [0.15, 0.2) is 30.4 Å². The summed E-state index contributed by atoms with van der Waals surface area (Å²) in [6, 6.07) is 0.384. The van der Waals surface area contributed by atoms with Crippen molar-refractivity contribution in [2.45, 2.75) is 45.1 Å². The van der Waals surface area contributed by atoms with Crippen molar-refractivity contribution in [2.24, 2.45) is 5.92 Å². The highest BCUT2D eigenvalue weighted by atomic mass is 32.2. The Kier molecular flexibility index (Phi) is 6.61. The molecule has 3 rings (SSSR count). The van der Waals surface area contributed by atoms with Gasteiger partial charge in [-0.15, -0.1) is 0 Å². The van der Waals surface area contributed by atoms with Crippen LogP contribution >= 0.6 is 11.5 Å². The van der Waals surface area contributed by atoms with E-state index < -0.39 is 10.0 Å². The van der Waals surface area contributed by atoms with Gasteiger partial charge in [0.1, 0.15) is 0 Å². The predicted octanol–water partition coefficient (Wildman–Crippen LogP) is 3.35. The molecule has 1 fully saturated rings. The summed E-state index contributed by atoms with van der Waals surface area (Å²) in [6.07, 6.45) is 15.3. The highest BCUT2D eigenvalue weighted by Gasteiger charge is 2.23. The lowest BCUT2D eigenvalue weighted by atomic mass is 9.86. The maximum atomic E-state index is 11.6. The monoisotopic (exact) mass is 394 g/mol. The van der Waals surface area contributed by atoms with Gasteiger partial charge in [0.25, 0.3) is 0 Å². The first-order valence-electron chi connectivity index (χ1n) is 9.17. The number of nitrogens with one attached hydrogen (secondary N) is 2. The molecular weight excluding hydrogens is 368 g/mol. The fourth-order valence-corrected chi connectivity index (χ4v) is 4.54. The summed E-state index contributed by atoms with van der Waals surface area (Å²) in [5.74, 6) is 1.35. The summed E-state index contributed by atoms with van der Waals surface area (Å²) in [5, 5.41) is 4.36. The van der Waals surface area contributed by atoms with Gasteiger partial charge >= 0.3 is 0 Å². The van der Waals surface area contributed by atoms with E-state index in [1.165, 1.54) is 11.5 Å². The maximum absolute atomic E-state index is 11.6. The lowest BCUT2D eigenvalue weighted by molar-refractivity contribution is 0.337. The number of hydrogen-bond acceptors (Lipinski definition) is 6. The summed E-state index contributed by atoms with van der Waals surface area (Å²) in [7, 11) is -3.09. The first kappa shape index (κ1) is 19.3. The predicted molar refractivity (Wildman–Crippen MR) is 108 cm³/mol. The van der Waals surface area contributed by atoms with Crippen LogP contribution in [-0.2, 0) is 10.0 Å². The smallest absolute Gasteiger partial charge is 0.211 e. The number of anilines is 1. The molecule has 1 aromatic rings. The summed E-state index contributed by atoms with van der Waals surface area (Å²) in [4.78, 5) is 4.63. The van der Waals surface area contributed by atoms with E-state index in [1.807, 2.05) is 18.2 Å². The number of rotatable bonds is 7. The second kappa shape index (κ2) is 8.92. The summed E-state index contributed by atoms with van der Waals surface area (Å²) >= 11 is 1.40. The average molecular weight is 395 g/mol. The van der Waals surface area contributed by atoms with Crippen molar-refractivity contribution < 1.29 is 8.42 Å². The van der Waals surface area contributed by atoms with Crippen molar-refractivity contribution in [3.05, 3.63) is 36.2 Å². The van der Waals surface area contributed by atoms with E-state index >= 15 is 0 Å². The number of sulfonamides is 1. The number of allylic oxidation sites excluding steroid dienone is 6. The second-order valence-corrected chi connectivity index (χ2v) is 9.57. The molecule has 26 heavy (non-hydrogen) atoms. The van der Waals surface area contributed by atoms with Crippen molar-refractivity contribution in [3.8, 4) is 0 Å². The lowest BCUT2D eigenvalue weighted by Gasteiger charge is -2.28. The number of nitrogens with zero attached hydrogens (tertiary/aromatic N) is 2. The molecule has 0 spiro atoms. The molecule has 0 aromatic carbocycles. The molecule has 0 saturated heterocycles. The van der Waals surface area contributed by atoms with E-state index in [9.17, 15) is 8.42 Å². The van der Waals surface area contributed by atoms with Crippen LogP contribution in [0.2, 0.25) is 0 Å². The highest BCUT2D eigenvalue weighted by molar-refractivity contribution is 7.89. The van der Waals surface area contributed by atoms with Gasteiger partial charge in [-0.3, -0.25) is 0 Å². The van der Waals surface area contributed by atoms with Gasteiger partial charge < -0.3 is 5.32 Å². The second-order valence-electron chi connectivity index (χ2n) is 6.72. The molecule has 2 aliphatic carbocycles. The molecule has 8 heteroatoms. The van der Waals surface area contributed by atoms with E-state index in [0.717, 1.165) is 48.6 Å². The zero-order valence-corrected chi connectivity index (χ0v) is 16.7. The van der Waals surface area contributed by atoms with Crippen molar-refractivity contribution in [1.29, 1.82) is 0 Å². The number of hydrogen-bond donors (Lipinski definition) is 2. The Morgan fingerprint density at radius 2 is 2.04 bits per heavy atom. The van der Waals surface area contributed by atoms with Crippen molar-refractivity contribution in [2.75, 3.05) is 17.6 Å². The van der Waals surface area contributed by atoms with Gasteiger partial charge in [0.05, 0.1) is 5.75 Å². The minimum absolute atomic E-state index is 0.144. The Balaban J connectivity index is 1.47. The molecule has 1 aromatic heterocycles. The Labute approximate surface area is 159 Å². The number of aromatic nitrogens is 2. The van der Waals surface area contributed by atoms with Crippen LogP contribution in [0.4, 0.5) is 5.13 Å². The SMILES string of the molecule is CCS(=O)(=O)NCC1CCC(Nc2nc(C3=CCC=CC=C3)ns2)CC1. The molecule has 2 aliphatic rings. The van der Waals surface area contributed by atoms with Gasteiger partial charge in [0.2, 0.25) is 15.2 Å². The molecule has 2 N–H and O–H groups in total. The molecule has 6 nitrogen and oxygen atoms in total. The van der Waals surface area contributed by atoms with Gasteiger partial charge in [0, 0.05) is 29.7 Å². The van der Waals surface area contributed by atoms with Crippen molar-refractivity contribution in [3.63, 3.8) is 0 Å². The zero-order chi connectivity index (χ0) is 18.4. The van der Waals surface area contributed by atoms with E-state index in [-0.39, 0.29) is 5.75 Å². The molecule has 0 bridgehead atoms. The van der Waals surface area contributed by atoms with Gasteiger partial charge in [0.15, 0.2) is 5.82 Å². The molecule has 0 unspecified atom stereocenters. The van der Waals surface area contributed by atoms with Crippen LogP contribution in [0, 0.1) is 5.92 Å². The minimum atomic E-state index is -3.09. The molecule has 0 radical (unpaired) electrons. The van der Waals surface area contributed by atoms with Crippen LogP contribution in [0.3, 0.4) is 0 Å². The highest BCUT2D eigenvalue weighted by Crippen LogP contribution is 2.28. The van der Waals surface area contributed by atoms with Crippen LogP contribution in [0.1, 0.15) is 44.9 Å². The van der Waals surface area contributed by atoms with Crippen LogP contribution in [-0.4, -0.2) is 36.1 Å². The van der Waals surface area contributed by atoms with Crippen LogP contribution in [0.25, 0.3) is 5.57 Å². The molecule has 0 aliphatic heterocycles. The lowest BCUT2D eigenvalue weighted by Crippen LogP contribution is -2.34. The van der Waals surface area contributed by atoms with E-state index in [0.29, 0.717) is 18.5 Å². The van der Waals surface area contributed by atoms with Crippen molar-refractivity contribution in [1.82, 2.24) is 14.1 Å². The molecular formula is C18H26N4O2S2. The molecule has 0 atom stereocenters. The van der Waals surface area contributed by atoms with Crippen molar-refractivity contribution >= 4 is 32.3 Å². The van der Waals surface area contributed by atoms with Gasteiger partial charge in [-0.1, -0.05) is 30.4 Å². The third kappa shape index (κ3) is 5.49. The Morgan fingerprint density at radius 1 is 1.23 bits per heavy atom. The summed E-state index contributed by atoms with van der Waals surface area (Å²) in [5.41, 5.74) is 1.06. The standard InChI is InChI=1S/C18H26N4O2S2/c1-2-26(23,24)19-13-14-9-11-16(12-10-14)20-18-21-17(22-25-18)15-7-5-3-4-6-8-15/h3-5,7-8,14,16,19H,2,6,9-13H2,1H3,(H,20,21,22). The zero-order valence-electron chi connectivity index (χ0n) is 15.0. The molecule has 1 saturated carbocycles. The topological polar surface area (TPSA) is 84.0 Å². The maximum Gasteiger partial charge on any atom is 0.211 e. The molecule has 142 valence electrons. The Bertz CT molecular complexity index is 788. The minimum Gasteiger partial charge on any atom is -0.358 e. The summed E-state index contributed by atoms with van der Waals surface area (Å²) in [6.45, 7) is 2.22. The largest absolute Gasteiger partial charge is 0.358 e. The molecule has 1 heterocycles. The van der Waals surface area contributed by atoms with Gasteiger partial charge in [-0.2, -0.15) is 9.36 Å². The van der Waals surface area contributed by atoms with Crippen LogP contribution in [0.5, 0.6) is 0 Å². The van der Waals surface area contributed by atoms with E-state index in [2.05, 4.69) is 31.5 Å². The van der Waals surface area contributed by atoms with Crippen LogP contribution < -0.4 is 10.0 Å². The molecule has 0 amide bonds. The van der Waals surface area contributed by atoms with Gasteiger partial charge in [-0.05, 0) is 44.9 Å². The first-order valence-corrected chi connectivity index (χ1v) is 11.6. The Morgan fingerprint density at radius 3 is 2.81 bits per heavy atom. The first-order chi connectivity index (χ1) is 12.6. The fourth-order valence-electron chi connectivity index (χ4n) is 3.18. The van der Waals surface area contributed by atoms with E-state index in [1.54, 1.807) is 6.92 Å². The van der Waals surface area contributed by atoms with Gasteiger partial charge in [-0.25, -0.2) is 13.1 Å². The third-order valence-electron chi connectivity index (χ3n) is 4.83. The third-order valence-corrected chi connectivity index (χ3v) is 6.84. The normalized spacial score (nSPS) is 23.5. The fraction of sp³-hybridized carbons (Fsp3) is 0.556. The average Bonchev–Trinajstić information content (AvgIpc) is 2.93. The van der Waals surface area contributed by atoms with E-state index in [4.69, 9.17) is 0 Å².